The van der Waals surface area contributed by atoms with Gasteiger partial charge in [0.25, 0.3) is 9.05 Å². The van der Waals surface area contributed by atoms with E-state index in [9.17, 15) is 8.42 Å². The Labute approximate surface area is 80.8 Å². The molecule has 0 aliphatic carbocycles. The molecule has 7 heteroatoms. The van der Waals surface area contributed by atoms with Gasteiger partial charge in [0.1, 0.15) is 0 Å². The van der Waals surface area contributed by atoms with Gasteiger partial charge in [-0.2, -0.15) is 4.98 Å². The molecule has 0 aliphatic heterocycles. The van der Waals surface area contributed by atoms with Crippen molar-refractivity contribution in [1.82, 2.24) is 9.97 Å². The van der Waals surface area contributed by atoms with Crippen LogP contribution in [0, 0.1) is 0 Å². The molecule has 13 heavy (non-hydrogen) atoms. The van der Waals surface area contributed by atoms with Gasteiger partial charge in [0.2, 0.25) is 5.95 Å². The van der Waals surface area contributed by atoms with Gasteiger partial charge < -0.3 is 4.90 Å². The lowest BCUT2D eigenvalue weighted by Gasteiger charge is -2.09. The molecule has 5 nitrogen and oxygen atoms in total. The highest BCUT2D eigenvalue weighted by Crippen LogP contribution is 2.13. The molecule has 0 bridgehead atoms. The predicted molar refractivity (Wildman–Crippen MR) is 49.4 cm³/mol. The number of anilines is 1. The number of halogens is 1. The SMILES string of the molecule is CN(C)c1nccc(S(=O)(=O)Cl)n1. The van der Waals surface area contributed by atoms with Crippen LogP contribution in [0.15, 0.2) is 17.3 Å². The molecule has 0 fully saturated rings. The topological polar surface area (TPSA) is 63.2 Å². The van der Waals surface area contributed by atoms with Crippen molar-refractivity contribution in [2.45, 2.75) is 5.03 Å². The number of aromatic nitrogens is 2. The summed E-state index contributed by atoms with van der Waals surface area (Å²) in [4.78, 5) is 9.17. The maximum atomic E-state index is 10.9. The van der Waals surface area contributed by atoms with Crippen LogP contribution in [-0.2, 0) is 9.05 Å². The zero-order chi connectivity index (χ0) is 10.1. The average molecular weight is 222 g/mol. The molecule has 1 aromatic heterocycles. The summed E-state index contributed by atoms with van der Waals surface area (Å²) in [5, 5.41) is -0.187. The minimum atomic E-state index is -3.76. The van der Waals surface area contributed by atoms with Gasteiger partial charge in [-0.1, -0.05) is 0 Å². The molecule has 72 valence electrons. The zero-order valence-electron chi connectivity index (χ0n) is 7.10. The molecule has 0 saturated heterocycles. The van der Waals surface area contributed by atoms with E-state index in [0.717, 1.165) is 0 Å². The van der Waals surface area contributed by atoms with Gasteiger partial charge in [0, 0.05) is 31.0 Å². The van der Waals surface area contributed by atoms with Crippen molar-refractivity contribution in [3.8, 4) is 0 Å². The first-order chi connectivity index (χ1) is 5.91. The van der Waals surface area contributed by atoms with E-state index in [1.54, 1.807) is 19.0 Å². The van der Waals surface area contributed by atoms with Crippen LogP contribution in [0.5, 0.6) is 0 Å². The zero-order valence-corrected chi connectivity index (χ0v) is 8.67. The second kappa shape index (κ2) is 3.47. The third-order valence-electron chi connectivity index (χ3n) is 1.27. The minimum absolute atomic E-state index is 0.187. The van der Waals surface area contributed by atoms with Crippen molar-refractivity contribution in [2.75, 3.05) is 19.0 Å². The Morgan fingerprint density at radius 3 is 2.54 bits per heavy atom. The number of hydrogen-bond acceptors (Lipinski definition) is 5. The van der Waals surface area contributed by atoms with E-state index in [1.807, 2.05) is 0 Å². The van der Waals surface area contributed by atoms with E-state index in [1.165, 1.54) is 12.3 Å². The van der Waals surface area contributed by atoms with Crippen molar-refractivity contribution in [1.29, 1.82) is 0 Å². The average Bonchev–Trinajstić information content (AvgIpc) is 2.03. The Hall–Kier alpha value is -0.880. The van der Waals surface area contributed by atoms with Crippen molar-refractivity contribution < 1.29 is 8.42 Å². The maximum absolute atomic E-state index is 10.9. The third kappa shape index (κ3) is 2.53. The van der Waals surface area contributed by atoms with E-state index in [2.05, 4.69) is 9.97 Å². The molecule has 0 atom stereocenters. The molecule has 0 spiro atoms. The fourth-order valence-electron chi connectivity index (χ4n) is 0.684. The molecule has 1 rings (SSSR count). The summed E-state index contributed by atoms with van der Waals surface area (Å²) in [6.07, 6.45) is 1.34. The first-order valence-corrected chi connectivity index (χ1v) is 5.67. The molecule has 0 amide bonds. The van der Waals surface area contributed by atoms with Gasteiger partial charge in [-0.25, -0.2) is 13.4 Å². The summed E-state index contributed by atoms with van der Waals surface area (Å²) in [5.74, 6) is 0.307. The molecule has 0 aromatic carbocycles. The van der Waals surface area contributed by atoms with Gasteiger partial charge in [-0.05, 0) is 6.07 Å². The lowest BCUT2D eigenvalue weighted by atomic mass is 10.6. The smallest absolute Gasteiger partial charge is 0.278 e. The molecule has 0 saturated carbocycles. The Bertz CT molecular complexity index is 404. The highest BCUT2D eigenvalue weighted by atomic mass is 35.7. The van der Waals surface area contributed by atoms with Crippen LogP contribution < -0.4 is 4.90 Å². The van der Waals surface area contributed by atoms with Crippen LogP contribution in [0.2, 0.25) is 0 Å². The largest absolute Gasteiger partial charge is 0.347 e. The molecule has 1 heterocycles. The highest BCUT2D eigenvalue weighted by Gasteiger charge is 2.12. The summed E-state index contributed by atoms with van der Waals surface area (Å²) >= 11 is 0. The van der Waals surface area contributed by atoms with E-state index in [4.69, 9.17) is 10.7 Å². The van der Waals surface area contributed by atoms with Gasteiger partial charge in [0.05, 0.1) is 0 Å². The second-order valence-corrected chi connectivity index (χ2v) is 5.04. The first kappa shape index (κ1) is 10.2. The summed E-state index contributed by atoms with van der Waals surface area (Å²) in [7, 11) is 4.75. The van der Waals surface area contributed by atoms with Crippen molar-refractivity contribution >= 4 is 25.7 Å². The fraction of sp³-hybridized carbons (Fsp3) is 0.333. The number of hydrogen-bond donors (Lipinski definition) is 0. The Kier molecular flexibility index (Phi) is 2.72. The van der Waals surface area contributed by atoms with Crippen LogP contribution >= 0.6 is 10.7 Å². The molecule has 1 aromatic rings. The van der Waals surface area contributed by atoms with E-state index in [-0.39, 0.29) is 5.03 Å². The highest BCUT2D eigenvalue weighted by molar-refractivity contribution is 8.13. The van der Waals surface area contributed by atoms with E-state index < -0.39 is 9.05 Å². The lowest BCUT2D eigenvalue weighted by molar-refractivity contribution is 0.605. The standard InChI is InChI=1S/C6H8ClN3O2S/c1-10(2)6-8-4-3-5(9-6)13(7,11)12/h3-4H,1-2H3. The van der Waals surface area contributed by atoms with Crippen LogP contribution in [0.25, 0.3) is 0 Å². The lowest BCUT2D eigenvalue weighted by Crippen LogP contribution is -2.13. The third-order valence-corrected chi connectivity index (χ3v) is 2.47. The predicted octanol–water partition coefficient (Wildman–Crippen LogP) is 0.470. The monoisotopic (exact) mass is 221 g/mol. The van der Waals surface area contributed by atoms with Crippen molar-refractivity contribution in [3.05, 3.63) is 12.3 Å². The summed E-state index contributed by atoms with van der Waals surface area (Å²) < 4.78 is 21.7. The quantitative estimate of drug-likeness (QED) is 0.537. The second-order valence-electron chi connectivity index (χ2n) is 2.53. The molecule has 0 N–H and O–H groups in total. The normalized spacial score (nSPS) is 11.3. The summed E-state index contributed by atoms with van der Waals surface area (Å²) in [6, 6.07) is 1.25. The molecule has 0 radical (unpaired) electrons. The molecular weight excluding hydrogens is 214 g/mol. The van der Waals surface area contributed by atoms with Gasteiger partial charge >= 0.3 is 0 Å². The van der Waals surface area contributed by atoms with Crippen LogP contribution in [0.3, 0.4) is 0 Å². The molecule has 0 unspecified atom stereocenters. The van der Waals surface area contributed by atoms with Crippen LogP contribution in [-0.4, -0.2) is 32.5 Å². The maximum Gasteiger partial charge on any atom is 0.278 e. The van der Waals surface area contributed by atoms with E-state index in [0.29, 0.717) is 5.95 Å². The van der Waals surface area contributed by atoms with Crippen molar-refractivity contribution in [2.24, 2.45) is 0 Å². The van der Waals surface area contributed by atoms with Gasteiger partial charge in [-0.15, -0.1) is 0 Å². The Balaban J connectivity index is 3.21. The Morgan fingerprint density at radius 2 is 2.08 bits per heavy atom. The van der Waals surface area contributed by atoms with Crippen molar-refractivity contribution in [3.63, 3.8) is 0 Å². The number of rotatable bonds is 2. The minimum Gasteiger partial charge on any atom is -0.347 e. The fourth-order valence-corrected chi connectivity index (χ4v) is 1.36. The Morgan fingerprint density at radius 1 is 1.46 bits per heavy atom. The first-order valence-electron chi connectivity index (χ1n) is 3.36. The molecule has 0 aliphatic rings. The summed E-state index contributed by atoms with van der Waals surface area (Å²) in [5.41, 5.74) is 0. The van der Waals surface area contributed by atoms with E-state index >= 15 is 0 Å². The number of nitrogens with zero attached hydrogens (tertiary/aromatic N) is 3. The summed E-state index contributed by atoms with van der Waals surface area (Å²) in [6.45, 7) is 0. The molecular formula is C6H8ClN3O2S. The van der Waals surface area contributed by atoms with Crippen LogP contribution in [0.4, 0.5) is 5.95 Å². The van der Waals surface area contributed by atoms with Gasteiger partial charge in [0.15, 0.2) is 5.03 Å². The van der Waals surface area contributed by atoms with Gasteiger partial charge in [-0.3, -0.25) is 0 Å². The van der Waals surface area contributed by atoms with Crippen LogP contribution in [0.1, 0.15) is 0 Å².